The Hall–Kier alpha value is -2.23. The standard InChI is InChI=1S/C11H7F3N2O4S/c1-2-20-10(17)9-15-7-4-5(16(18)19)3-6(8(7)21-9)11(12,13)14/h3-4H,2H2,1H3. The van der Waals surface area contributed by atoms with Gasteiger partial charge in [0, 0.05) is 12.1 Å². The number of hydrogen-bond donors (Lipinski definition) is 0. The van der Waals surface area contributed by atoms with Crippen molar-refractivity contribution in [2.45, 2.75) is 13.1 Å². The summed E-state index contributed by atoms with van der Waals surface area (Å²) in [5.74, 6) is -0.866. The van der Waals surface area contributed by atoms with Gasteiger partial charge < -0.3 is 4.74 Å². The number of non-ortho nitro benzene ring substituents is 1. The molecule has 2 aromatic rings. The van der Waals surface area contributed by atoms with Gasteiger partial charge in [0.15, 0.2) is 0 Å². The Kier molecular flexibility index (Phi) is 3.81. The molecule has 0 saturated heterocycles. The zero-order chi connectivity index (χ0) is 15.8. The topological polar surface area (TPSA) is 82.3 Å². The van der Waals surface area contributed by atoms with E-state index in [1.165, 1.54) is 6.92 Å². The molecule has 0 aliphatic carbocycles. The van der Waals surface area contributed by atoms with E-state index >= 15 is 0 Å². The van der Waals surface area contributed by atoms with Crippen LogP contribution in [0, 0.1) is 10.1 Å². The van der Waals surface area contributed by atoms with E-state index in [-0.39, 0.29) is 21.8 Å². The summed E-state index contributed by atoms with van der Waals surface area (Å²) >= 11 is 0.491. The molecule has 0 bridgehead atoms. The molecule has 0 unspecified atom stereocenters. The molecule has 0 saturated carbocycles. The fourth-order valence-electron chi connectivity index (χ4n) is 1.61. The zero-order valence-corrected chi connectivity index (χ0v) is 11.2. The third-order valence-corrected chi connectivity index (χ3v) is 3.53. The fourth-order valence-corrected chi connectivity index (χ4v) is 2.59. The van der Waals surface area contributed by atoms with Crippen LogP contribution in [0.25, 0.3) is 10.2 Å². The van der Waals surface area contributed by atoms with Crippen LogP contribution >= 0.6 is 11.3 Å². The SMILES string of the molecule is CCOC(=O)c1nc2cc([N+](=O)[O-])cc(C(F)(F)F)c2s1. The highest BCUT2D eigenvalue weighted by Crippen LogP contribution is 2.40. The van der Waals surface area contributed by atoms with Crippen molar-refractivity contribution < 1.29 is 27.6 Å². The second-order valence-corrected chi connectivity index (χ2v) is 4.84. The van der Waals surface area contributed by atoms with Crippen molar-refractivity contribution in [2.75, 3.05) is 6.61 Å². The molecule has 112 valence electrons. The van der Waals surface area contributed by atoms with Crippen LogP contribution in [0.1, 0.15) is 22.3 Å². The molecule has 1 aromatic heterocycles. The summed E-state index contributed by atoms with van der Waals surface area (Å²) in [6.45, 7) is 1.58. The van der Waals surface area contributed by atoms with Crippen LogP contribution in [0.3, 0.4) is 0 Å². The zero-order valence-electron chi connectivity index (χ0n) is 10.4. The van der Waals surface area contributed by atoms with Crippen LogP contribution in [-0.4, -0.2) is 22.5 Å². The molecule has 1 aromatic carbocycles. The third kappa shape index (κ3) is 2.94. The number of alkyl halides is 3. The van der Waals surface area contributed by atoms with E-state index < -0.39 is 28.3 Å². The maximum atomic E-state index is 13.0. The lowest BCUT2D eigenvalue weighted by atomic mass is 10.2. The number of ether oxygens (including phenoxy) is 1. The summed E-state index contributed by atoms with van der Waals surface area (Å²) in [7, 11) is 0. The second kappa shape index (κ2) is 5.28. The number of nitro groups is 1. The van der Waals surface area contributed by atoms with E-state index in [1.807, 2.05) is 0 Å². The average Bonchev–Trinajstić information content (AvgIpc) is 2.80. The normalized spacial score (nSPS) is 11.6. The lowest BCUT2D eigenvalue weighted by Crippen LogP contribution is -2.05. The maximum Gasteiger partial charge on any atom is 0.418 e. The molecule has 1 heterocycles. The van der Waals surface area contributed by atoms with Crippen LogP contribution in [-0.2, 0) is 10.9 Å². The van der Waals surface area contributed by atoms with Gasteiger partial charge in [0.05, 0.1) is 27.3 Å². The van der Waals surface area contributed by atoms with Crippen molar-refractivity contribution >= 4 is 33.2 Å². The van der Waals surface area contributed by atoms with E-state index in [4.69, 9.17) is 0 Å². The largest absolute Gasteiger partial charge is 0.461 e. The number of rotatable bonds is 3. The molecule has 0 aliphatic heterocycles. The Labute approximate surface area is 119 Å². The van der Waals surface area contributed by atoms with Crippen molar-refractivity contribution in [3.8, 4) is 0 Å². The highest BCUT2D eigenvalue weighted by Gasteiger charge is 2.36. The quantitative estimate of drug-likeness (QED) is 0.492. The summed E-state index contributed by atoms with van der Waals surface area (Å²) in [6, 6.07) is 1.32. The number of halogens is 3. The summed E-state index contributed by atoms with van der Waals surface area (Å²) in [5.41, 5.74) is -2.19. The highest BCUT2D eigenvalue weighted by atomic mass is 32.1. The van der Waals surface area contributed by atoms with Crippen molar-refractivity contribution in [2.24, 2.45) is 0 Å². The van der Waals surface area contributed by atoms with Gasteiger partial charge in [-0.25, -0.2) is 9.78 Å². The number of hydrogen-bond acceptors (Lipinski definition) is 6. The van der Waals surface area contributed by atoms with E-state index in [1.54, 1.807) is 0 Å². The lowest BCUT2D eigenvalue weighted by Gasteiger charge is -2.06. The average molecular weight is 320 g/mol. The minimum atomic E-state index is -4.79. The monoisotopic (exact) mass is 320 g/mol. The smallest absolute Gasteiger partial charge is 0.418 e. The molecular formula is C11H7F3N2O4S. The molecule has 6 nitrogen and oxygen atoms in total. The molecule has 0 radical (unpaired) electrons. The highest BCUT2D eigenvalue weighted by molar-refractivity contribution is 7.20. The molecule has 10 heteroatoms. The van der Waals surface area contributed by atoms with Gasteiger partial charge in [-0.1, -0.05) is 0 Å². The van der Waals surface area contributed by atoms with E-state index in [2.05, 4.69) is 9.72 Å². The Morgan fingerprint density at radius 2 is 2.14 bits per heavy atom. The summed E-state index contributed by atoms with van der Waals surface area (Å²) in [5, 5.41) is 10.4. The van der Waals surface area contributed by atoms with Gasteiger partial charge in [0.2, 0.25) is 5.01 Å². The molecule has 0 spiro atoms. The van der Waals surface area contributed by atoms with Crippen molar-refractivity contribution in [1.82, 2.24) is 4.98 Å². The number of nitrogens with zero attached hydrogens (tertiary/aromatic N) is 2. The number of esters is 1. The number of carbonyl (C=O) groups is 1. The fraction of sp³-hybridized carbons (Fsp3) is 0.273. The molecule has 0 N–H and O–H groups in total. The number of aromatic nitrogens is 1. The number of carbonyl (C=O) groups excluding carboxylic acids is 1. The van der Waals surface area contributed by atoms with Gasteiger partial charge in [-0.2, -0.15) is 13.2 Å². The van der Waals surface area contributed by atoms with E-state index in [0.717, 1.165) is 6.07 Å². The second-order valence-electron chi connectivity index (χ2n) is 3.84. The Morgan fingerprint density at radius 3 is 2.67 bits per heavy atom. The van der Waals surface area contributed by atoms with Gasteiger partial charge in [0.25, 0.3) is 5.69 Å². The first-order valence-electron chi connectivity index (χ1n) is 5.57. The predicted molar refractivity (Wildman–Crippen MR) is 67.2 cm³/mol. The van der Waals surface area contributed by atoms with Gasteiger partial charge in [0.1, 0.15) is 0 Å². The third-order valence-electron chi connectivity index (χ3n) is 2.44. The van der Waals surface area contributed by atoms with E-state index in [9.17, 15) is 28.1 Å². The van der Waals surface area contributed by atoms with Gasteiger partial charge >= 0.3 is 12.1 Å². The Balaban J connectivity index is 2.69. The summed E-state index contributed by atoms with van der Waals surface area (Å²) < 4.78 is 43.2. The molecule has 2 rings (SSSR count). The van der Waals surface area contributed by atoms with Crippen LogP contribution < -0.4 is 0 Å². The molecule has 21 heavy (non-hydrogen) atoms. The lowest BCUT2D eigenvalue weighted by molar-refractivity contribution is -0.385. The summed E-state index contributed by atoms with van der Waals surface area (Å²) in [6.07, 6.45) is -4.79. The first kappa shape index (κ1) is 15.2. The molecular weight excluding hydrogens is 313 g/mol. The number of benzene rings is 1. The Bertz CT molecular complexity index is 726. The minimum Gasteiger partial charge on any atom is -0.461 e. The number of nitro benzene ring substituents is 1. The predicted octanol–water partition coefficient (Wildman–Crippen LogP) is 3.40. The van der Waals surface area contributed by atoms with Gasteiger partial charge in [-0.3, -0.25) is 10.1 Å². The molecule has 0 amide bonds. The van der Waals surface area contributed by atoms with Crippen LogP contribution in [0.2, 0.25) is 0 Å². The minimum absolute atomic E-state index is 0.0427. The van der Waals surface area contributed by atoms with Crippen LogP contribution in [0.4, 0.5) is 18.9 Å². The first-order chi connectivity index (χ1) is 9.74. The van der Waals surface area contributed by atoms with Crippen LogP contribution in [0.5, 0.6) is 0 Å². The molecule has 0 fully saturated rings. The number of thiazole rings is 1. The molecule has 0 atom stereocenters. The van der Waals surface area contributed by atoms with Gasteiger partial charge in [-0.15, -0.1) is 11.3 Å². The van der Waals surface area contributed by atoms with Crippen molar-refractivity contribution in [1.29, 1.82) is 0 Å². The van der Waals surface area contributed by atoms with E-state index in [0.29, 0.717) is 17.4 Å². The van der Waals surface area contributed by atoms with Gasteiger partial charge in [-0.05, 0) is 6.92 Å². The van der Waals surface area contributed by atoms with Crippen LogP contribution in [0.15, 0.2) is 12.1 Å². The Morgan fingerprint density at radius 1 is 1.48 bits per heavy atom. The number of fused-ring (bicyclic) bond motifs is 1. The van der Waals surface area contributed by atoms with Crippen molar-refractivity contribution in [3.05, 3.63) is 32.8 Å². The summed E-state index contributed by atoms with van der Waals surface area (Å²) in [4.78, 5) is 24.9. The molecule has 0 aliphatic rings. The first-order valence-corrected chi connectivity index (χ1v) is 6.39. The van der Waals surface area contributed by atoms with Crippen molar-refractivity contribution in [3.63, 3.8) is 0 Å². The maximum absolute atomic E-state index is 13.0.